The smallest absolute Gasteiger partial charge is 0.306 e. The molecular formula is C64H108O6. The van der Waals surface area contributed by atoms with Crippen molar-refractivity contribution in [1.29, 1.82) is 0 Å². The van der Waals surface area contributed by atoms with Gasteiger partial charge in [-0.3, -0.25) is 14.4 Å². The zero-order valence-electron chi connectivity index (χ0n) is 45.8. The molecule has 0 aromatic rings. The van der Waals surface area contributed by atoms with E-state index in [1.54, 1.807) is 0 Å². The van der Waals surface area contributed by atoms with Gasteiger partial charge in [0, 0.05) is 19.3 Å². The van der Waals surface area contributed by atoms with Gasteiger partial charge >= 0.3 is 17.9 Å². The molecule has 0 aromatic heterocycles. The first-order valence-electron chi connectivity index (χ1n) is 29.2. The summed E-state index contributed by atoms with van der Waals surface area (Å²) in [5.74, 6) is -0.963. The van der Waals surface area contributed by atoms with Gasteiger partial charge in [0.2, 0.25) is 0 Å². The molecule has 0 saturated carbocycles. The second kappa shape index (κ2) is 57.9. The number of unbranched alkanes of at least 4 members (excludes halogenated alkanes) is 25. The van der Waals surface area contributed by atoms with Crippen molar-refractivity contribution in [3.63, 3.8) is 0 Å². The Bertz CT molecular complexity index is 1400. The Morgan fingerprint density at radius 2 is 0.571 bits per heavy atom. The molecule has 0 aliphatic rings. The third kappa shape index (κ3) is 55.3. The van der Waals surface area contributed by atoms with Crippen LogP contribution in [0.2, 0.25) is 0 Å². The average molecular weight is 974 g/mol. The Morgan fingerprint density at radius 1 is 0.300 bits per heavy atom. The fourth-order valence-electron chi connectivity index (χ4n) is 7.96. The maximum atomic E-state index is 12.8. The zero-order valence-corrected chi connectivity index (χ0v) is 45.8. The minimum absolute atomic E-state index is 0.0997. The number of hydrogen-bond donors (Lipinski definition) is 0. The summed E-state index contributed by atoms with van der Waals surface area (Å²) in [5, 5.41) is 0. The number of carbonyl (C=O) groups excluding carboxylic acids is 3. The Kier molecular flexibility index (Phi) is 54.9. The quantitative estimate of drug-likeness (QED) is 0.0262. The summed E-state index contributed by atoms with van der Waals surface area (Å²) in [4.78, 5) is 38.0. The Hall–Kier alpha value is -3.67. The van der Waals surface area contributed by atoms with Crippen molar-refractivity contribution in [2.75, 3.05) is 13.2 Å². The first-order valence-corrected chi connectivity index (χ1v) is 29.2. The molecule has 0 aromatic carbocycles. The largest absolute Gasteiger partial charge is 0.462 e. The molecule has 0 bridgehead atoms. The van der Waals surface area contributed by atoms with E-state index in [-0.39, 0.29) is 37.5 Å². The van der Waals surface area contributed by atoms with Crippen LogP contribution in [0.3, 0.4) is 0 Å². The molecule has 0 saturated heterocycles. The Labute approximate surface area is 432 Å². The number of hydrogen-bond acceptors (Lipinski definition) is 6. The first-order chi connectivity index (χ1) is 34.5. The predicted molar refractivity (Wildman–Crippen MR) is 302 cm³/mol. The van der Waals surface area contributed by atoms with E-state index >= 15 is 0 Å². The summed E-state index contributed by atoms with van der Waals surface area (Å²) in [7, 11) is 0. The predicted octanol–water partition coefficient (Wildman–Crippen LogP) is 19.7. The maximum Gasteiger partial charge on any atom is 0.306 e. The molecule has 400 valence electrons. The molecule has 0 rings (SSSR count). The minimum Gasteiger partial charge on any atom is -0.462 e. The highest BCUT2D eigenvalue weighted by Crippen LogP contribution is 2.15. The van der Waals surface area contributed by atoms with Crippen LogP contribution < -0.4 is 0 Å². The van der Waals surface area contributed by atoms with Crippen molar-refractivity contribution < 1.29 is 28.6 Å². The van der Waals surface area contributed by atoms with Gasteiger partial charge in [-0.25, -0.2) is 0 Å². The van der Waals surface area contributed by atoms with Crippen molar-refractivity contribution >= 4 is 17.9 Å². The summed E-state index contributed by atoms with van der Waals surface area (Å²) < 4.78 is 16.7. The lowest BCUT2D eigenvalue weighted by atomic mass is 10.0. The second-order valence-corrected chi connectivity index (χ2v) is 19.2. The third-order valence-electron chi connectivity index (χ3n) is 12.3. The van der Waals surface area contributed by atoms with Gasteiger partial charge in [-0.05, 0) is 96.3 Å². The Balaban J connectivity index is 4.24. The van der Waals surface area contributed by atoms with Crippen LogP contribution in [0.4, 0.5) is 0 Å². The molecule has 0 fully saturated rings. The lowest BCUT2D eigenvalue weighted by Gasteiger charge is -2.18. The van der Waals surface area contributed by atoms with E-state index in [0.29, 0.717) is 19.3 Å². The molecule has 0 amide bonds. The standard InChI is InChI=1S/C64H108O6/c1-4-7-10-13-16-19-21-23-25-27-28-29-30-31-32-33-34-35-36-38-39-41-43-45-48-51-54-57-63(66)69-60-61(59-68-62(65)56-53-50-47-18-15-12-9-6-3)70-64(67)58-55-52-49-46-44-42-40-37-26-24-22-20-17-14-11-8-5-2/h8,11,17,20-21,23-24,26-28,30-31,40,42,46,49,61H,4-7,9-10,12-16,18-19,22,25,29,32-39,41,43-45,47-48,50-60H2,1-3H3/b11-8-,20-17-,23-21-,26-24-,28-27-,31-30-,42-40-,49-46-. The van der Waals surface area contributed by atoms with Gasteiger partial charge in [-0.2, -0.15) is 0 Å². The molecular weight excluding hydrogens is 865 g/mol. The van der Waals surface area contributed by atoms with Crippen LogP contribution in [0.5, 0.6) is 0 Å². The number of ether oxygens (including phenoxy) is 3. The van der Waals surface area contributed by atoms with Crippen LogP contribution in [0.1, 0.15) is 271 Å². The van der Waals surface area contributed by atoms with Crippen LogP contribution in [-0.2, 0) is 28.6 Å². The summed E-state index contributed by atoms with van der Waals surface area (Å²) in [5.41, 5.74) is 0. The lowest BCUT2D eigenvalue weighted by molar-refractivity contribution is -0.167. The van der Waals surface area contributed by atoms with Gasteiger partial charge in [-0.15, -0.1) is 0 Å². The SMILES string of the molecule is CC/C=C\C/C=C\C/C=C\C/C=C\C/C=C\CCCC(=O)OC(COC(=O)CCCCCCCCCC)COC(=O)CCCCCCCCCCCCCC/C=C\C/C=C\C/C=C\CCCCCCC. The molecule has 6 nitrogen and oxygen atoms in total. The molecule has 0 spiro atoms. The summed E-state index contributed by atoms with van der Waals surface area (Å²) in [6.07, 6.45) is 77.1. The van der Waals surface area contributed by atoms with E-state index in [9.17, 15) is 14.4 Å². The van der Waals surface area contributed by atoms with E-state index in [4.69, 9.17) is 14.2 Å². The van der Waals surface area contributed by atoms with Gasteiger partial charge in [0.05, 0.1) is 0 Å². The number of allylic oxidation sites excluding steroid dienone is 16. The molecule has 0 radical (unpaired) electrons. The molecule has 1 unspecified atom stereocenters. The summed E-state index contributed by atoms with van der Waals surface area (Å²) >= 11 is 0. The topological polar surface area (TPSA) is 78.9 Å². The molecule has 70 heavy (non-hydrogen) atoms. The van der Waals surface area contributed by atoms with Crippen LogP contribution in [-0.4, -0.2) is 37.2 Å². The van der Waals surface area contributed by atoms with Crippen LogP contribution in [0, 0.1) is 0 Å². The van der Waals surface area contributed by atoms with Gasteiger partial charge in [0.25, 0.3) is 0 Å². The van der Waals surface area contributed by atoms with E-state index in [2.05, 4.69) is 118 Å². The minimum atomic E-state index is -0.806. The van der Waals surface area contributed by atoms with E-state index in [1.807, 2.05) is 0 Å². The number of carbonyl (C=O) groups is 3. The van der Waals surface area contributed by atoms with E-state index < -0.39 is 6.10 Å². The highest BCUT2D eigenvalue weighted by Gasteiger charge is 2.19. The second-order valence-electron chi connectivity index (χ2n) is 19.2. The highest BCUT2D eigenvalue weighted by molar-refractivity contribution is 5.71. The van der Waals surface area contributed by atoms with Crippen molar-refractivity contribution in [2.45, 2.75) is 277 Å². The monoisotopic (exact) mass is 973 g/mol. The van der Waals surface area contributed by atoms with Crippen LogP contribution in [0.25, 0.3) is 0 Å². The van der Waals surface area contributed by atoms with E-state index in [0.717, 1.165) is 89.9 Å². The van der Waals surface area contributed by atoms with Gasteiger partial charge in [0.15, 0.2) is 6.10 Å². The fourth-order valence-corrected chi connectivity index (χ4v) is 7.96. The first kappa shape index (κ1) is 66.3. The molecule has 6 heteroatoms. The maximum absolute atomic E-state index is 12.8. The Morgan fingerprint density at radius 3 is 0.914 bits per heavy atom. The number of esters is 3. The molecule has 1 atom stereocenters. The molecule has 0 aliphatic carbocycles. The molecule has 0 aliphatic heterocycles. The van der Waals surface area contributed by atoms with Gasteiger partial charge in [-0.1, -0.05) is 253 Å². The van der Waals surface area contributed by atoms with Crippen LogP contribution >= 0.6 is 0 Å². The summed E-state index contributed by atoms with van der Waals surface area (Å²) in [6.45, 7) is 6.44. The average Bonchev–Trinajstić information content (AvgIpc) is 3.36. The van der Waals surface area contributed by atoms with E-state index in [1.165, 1.54) is 135 Å². The van der Waals surface area contributed by atoms with Crippen molar-refractivity contribution in [3.05, 3.63) is 97.2 Å². The molecule has 0 heterocycles. The summed E-state index contributed by atoms with van der Waals surface area (Å²) in [6, 6.07) is 0. The van der Waals surface area contributed by atoms with Crippen molar-refractivity contribution in [1.82, 2.24) is 0 Å². The van der Waals surface area contributed by atoms with Gasteiger partial charge < -0.3 is 14.2 Å². The normalized spacial score (nSPS) is 12.8. The van der Waals surface area contributed by atoms with Gasteiger partial charge in [0.1, 0.15) is 13.2 Å². The third-order valence-corrected chi connectivity index (χ3v) is 12.3. The number of rotatable bonds is 52. The molecule has 0 N–H and O–H groups in total. The van der Waals surface area contributed by atoms with Crippen molar-refractivity contribution in [3.8, 4) is 0 Å². The zero-order chi connectivity index (χ0) is 50.7. The van der Waals surface area contributed by atoms with Crippen LogP contribution in [0.15, 0.2) is 97.2 Å². The lowest BCUT2D eigenvalue weighted by Crippen LogP contribution is -2.30. The fraction of sp³-hybridized carbons (Fsp3) is 0.703. The highest BCUT2D eigenvalue weighted by atomic mass is 16.6. The van der Waals surface area contributed by atoms with Crippen molar-refractivity contribution in [2.24, 2.45) is 0 Å².